The topological polar surface area (TPSA) is 79.9 Å². The molecule has 1 amide bonds. The zero-order chi connectivity index (χ0) is 24.2. The molecule has 1 aromatic heterocycles. The molecular weight excluding hydrogens is 474 g/mol. The zero-order valence-corrected chi connectivity index (χ0v) is 17.7. The van der Waals surface area contributed by atoms with E-state index in [1.54, 1.807) is 24.3 Å². The lowest BCUT2D eigenvalue weighted by Gasteiger charge is -2.14. The summed E-state index contributed by atoms with van der Waals surface area (Å²) in [6.45, 7) is 2.37. The van der Waals surface area contributed by atoms with Crippen molar-refractivity contribution in [3.8, 4) is 17.1 Å². The van der Waals surface area contributed by atoms with Crippen LogP contribution < -0.4 is 10.1 Å². The van der Waals surface area contributed by atoms with Crippen molar-refractivity contribution in [3.05, 3.63) is 53.6 Å². The van der Waals surface area contributed by atoms with E-state index < -0.39 is 35.1 Å². The highest BCUT2D eigenvalue weighted by atomic mass is 32.2. The highest BCUT2D eigenvalue weighted by Crippen LogP contribution is 2.37. The molecule has 3 rings (SSSR count). The fraction of sp³-hybridized carbons (Fsp3) is 0.250. The van der Waals surface area contributed by atoms with Gasteiger partial charge in [-0.3, -0.25) is 9.89 Å². The summed E-state index contributed by atoms with van der Waals surface area (Å²) in [6, 6.07) is 7.85. The number of aromatic nitrogens is 3. The summed E-state index contributed by atoms with van der Waals surface area (Å²) in [5.74, 6) is -0.0677. The molecule has 0 fully saturated rings. The van der Waals surface area contributed by atoms with Crippen LogP contribution in [0.1, 0.15) is 18.1 Å². The molecule has 3 aromatic rings. The molecule has 6 nitrogen and oxygen atoms in total. The number of aromatic amines is 1. The van der Waals surface area contributed by atoms with Gasteiger partial charge in [-0.15, -0.1) is 5.10 Å². The van der Waals surface area contributed by atoms with E-state index in [1.807, 2.05) is 6.92 Å². The molecule has 0 radical (unpaired) electrons. The number of thioether (sulfide) groups is 1. The van der Waals surface area contributed by atoms with Gasteiger partial charge in [0.25, 0.3) is 0 Å². The molecule has 1 heterocycles. The Morgan fingerprint density at radius 3 is 2.18 bits per heavy atom. The number of alkyl halides is 6. The van der Waals surface area contributed by atoms with Crippen LogP contribution in [0.2, 0.25) is 0 Å². The van der Waals surface area contributed by atoms with E-state index in [1.165, 1.54) is 0 Å². The van der Waals surface area contributed by atoms with Gasteiger partial charge in [0, 0.05) is 11.3 Å². The van der Waals surface area contributed by atoms with E-state index in [0.717, 1.165) is 11.8 Å². The maximum atomic E-state index is 12.9. The minimum absolute atomic E-state index is 0.0134. The number of rotatable bonds is 7. The van der Waals surface area contributed by atoms with Gasteiger partial charge in [0.2, 0.25) is 11.1 Å². The molecule has 0 saturated carbocycles. The second-order valence-electron chi connectivity index (χ2n) is 6.56. The molecule has 2 N–H and O–H groups in total. The van der Waals surface area contributed by atoms with Crippen molar-refractivity contribution in [2.24, 2.45) is 0 Å². The number of carbonyl (C=O) groups excluding carboxylic acids is 1. The standard InChI is InChI=1S/C20H16F6N4O2S/c1-2-32-15-5-3-11(4-6-15)17-28-18(30-29-17)33-10-16(31)27-14-8-12(19(21,22)23)7-13(9-14)20(24,25)26/h3-9H,2,10H2,1H3,(H,27,31)(H,28,29,30). The fourth-order valence-electron chi connectivity index (χ4n) is 2.67. The average Bonchev–Trinajstić information content (AvgIpc) is 3.21. The van der Waals surface area contributed by atoms with Crippen molar-refractivity contribution in [2.75, 3.05) is 17.7 Å². The molecule has 0 atom stereocenters. The molecule has 0 spiro atoms. The predicted molar refractivity (Wildman–Crippen MR) is 109 cm³/mol. The maximum Gasteiger partial charge on any atom is 0.416 e. The van der Waals surface area contributed by atoms with Crippen molar-refractivity contribution < 1.29 is 35.9 Å². The van der Waals surface area contributed by atoms with Crippen LogP contribution >= 0.6 is 11.8 Å². The first-order valence-corrected chi connectivity index (χ1v) is 10.3. The van der Waals surface area contributed by atoms with Crippen molar-refractivity contribution in [2.45, 2.75) is 24.4 Å². The normalized spacial score (nSPS) is 12.0. The lowest BCUT2D eigenvalue weighted by atomic mass is 10.1. The number of nitrogens with one attached hydrogen (secondary N) is 2. The Hall–Kier alpha value is -3.22. The summed E-state index contributed by atoms with van der Waals surface area (Å²) in [6.07, 6.45) is -10.0. The number of carbonyl (C=O) groups is 1. The quantitative estimate of drug-likeness (QED) is 0.331. The Balaban J connectivity index is 1.65. The third-order valence-electron chi connectivity index (χ3n) is 4.11. The maximum absolute atomic E-state index is 12.9. The van der Waals surface area contributed by atoms with Crippen molar-refractivity contribution in [1.82, 2.24) is 15.2 Å². The van der Waals surface area contributed by atoms with Gasteiger partial charge in [0.1, 0.15) is 5.75 Å². The zero-order valence-electron chi connectivity index (χ0n) is 16.8. The second-order valence-corrected chi connectivity index (χ2v) is 7.50. The van der Waals surface area contributed by atoms with Crippen LogP contribution in [0.15, 0.2) is 47.6 Å². The van der Waals surface area contributed by atoms with Gasteiger partial charge in [-0.05, 0) is 49.4 Å². The van der Waals surface area contributed by atoms with Gasteiger partial charge in [-0.1, -0.05) is 11.8 Å². The molecule has 0 aliphatic carbocycles. The lowest BCUT2D eigenvalue weighted by molar-refractivity contribution is -0.143. The van der Waals surface area contributed by atoms with Crippen molar-refractivity contribution >= 4 is 23.4 Å². The van der Waals surface area contributed by atoms with E-state index in [-0.39, 0.29) is 17.0 Å². The Bertz CT molecular complexity index is 1080. The van der Waals surface area contributed by atoms with Gasteiger partial charge < -0.3 is 10.1 Å². The van der Waals surface area contributed by atoms with Gasteiger partial charge in [0.15, 0.2) is 5.82 Å². The molecule has 33 heavy (non-hydrogen) atoms. The van der Waals surface area contributed by atoms with Gasteiger partial charge in [-0.2, -0.15) is 26.3 Å². The van der Waals surface area contributed by atoms with Crippen LogP contribution in [-0.2, 0) is 17.1 Å². The summed E-state index contributed by atoms with van der Waals surface area (Å²) >= 11 is 0.859. The molecule has 0 bridgehead atoms. The van der Waals surface area contributed by atoms with E-state index in [0.29, 0.717) is 35.9 Å². The fourth-order valence-corrected chi connectivity index (χ4v) is 3.27. The first kappa shape index (κ1) is 24.4. The molecule has 2 aromatic carbocycles. The van der Waals surface area contributed by atoms with E-state index in [9.17, 15) is 31.1 Å². The molecule has 0 unspecified atom stereocenters. The minimum Gasteiger partial charge on any atom is -0.494 e. The second kappa shape index (κ2) is 9.73. The molecule has 176 valence electrons. The summed E-state index contributed by atoms with van der Waals surface area (Å²) in [4.78, 5) is 16.3. The van der Waals surface area contributed by atoms with Crippen LogP contribution in [0, 0.1) is 0 Å². The molecule has 0 saturated heterocycles. The highest BCUT2D eigenvalue weighted by molar-refractivity contribution is 7.99. The minimum atomic E-state index is -5.01. The Morgan fingerprint density at radius 2 is 1.64 bits per heavy atom. The first-order chi connectivity index (χ1) is 15.5. The van der Waals surface area contributed by atoms with Gasteiger partial charge in [-0.25, -0.2) is 4.98 Å². The summed E-state index contributed by atoms with van der Waals surface area (Å²) < 4.78 is 83.0. The third-order valence-corrected chi connectivity index (χ3v) is 4.95. The Morgan fingerprint density at radius 1 is 1.03 bits per heavy atom. The Kier molecular flexibility index (Phi) is 7.20. The van der Waals surface area contributed by atoms with Crippen LogP contribution in [-0.4, -0.2) is 33.4 Å². The Labute approximate surface area is 187 Å². The molecule has 0 aliphatic rings. The first-order valence-electron chi connectivity index (χ1n) is 9.33. The number of nitrogens with zero attached hydrogens (tertiary/aromatic N) is 2. The van der Waals surface area contributed by atoms with Gasteiger partial charge in [0.05, 0.1) is 23.5 Å². The lowest BCUT2D eigenvalue weighted by Crippen LogP contribution is -2.17. The SMILES string of the molecule is CCOc1ccc(-c2nc(SCC(=O)Nc3cc(C(F)(F)F)cc(C(F)(F)F)c3)n[nH]2)cc1. The smallest absolute Gasteiger partial charge is 0.416 e. The van der Waals surface area contributed by atoms with Crippen LogP contribution in [0.5, 0.6) is 5.75 Å². The number of ether oxygens (including phenoxy) is 1. The summed E-state index contributed by atoms with van der Waals surface area (Å²) in [5.41, 5.74) is -2.96. The third kappa shape index (κ3) is 6.63. The van der Waals surface area contributed by atoms with E-state index >= 15 is 0 Å². The number of benzene rings is 2. The largest absolute Gasteiger partial charge is 0.494 e. The average molecular weight is 490 g/mol. The number of amides is 1. The predicted octanol–water partition coefficient (Wildman–Crippen LogP) is 5.64. The van der Waals surface area contributed by atoms with Crippen molar-refractivity contribution in [1.29, 1.82) is 0 Å². The highest BCUT2D eigenvalue weighted by Gasteiger charge is 2.37. The van der Waals surface area contributed by atoms with E-state index in [4.69, 9.17) is 4.74 Å². The molecular formula is C20H16F6N4O2S. The van der Waals surface area contributed by atoms with Crippen LogP contribution in [0.4, 0.5) is 32.0 Å². The van der Waals surface area contributed by atoms with Crippen LogP contribution in [0.3, 0.4) is 0 Å². The number of hydrogen-bond acceptors (Lipinski definition) is 5. The van der Waals surface area contributed by atoms with Crippen molar-refractivity contribution in [3.63, 3.8) is 0 Å². The number of anilines is 1. The molecule has 0 aliphatic heterocycles. The summed E-state index contributed by atoms with van der Waals surface area (Å²) in [5, 5.41) is 8.86. The van der Waals surface area contributed by atoms with Crippen LogP contribution in [0.25, 0.3) is 11.4 Å². The van der Waals surface area contributed by atoms with Gasteiger partial charge >= 0.3 is 12.4 Å². The monoisotopic (exact) mass is 490 g/mol. The number of hydrogen-bond donors (Lipinski definition) is 2. The summed E-state index contributed by atoms with van der Waals surface area (Å²) in [7, 11) is 0. The molecule has 13 heteroatoms. The number of halogens is 6. The number of H-pyrrole nitrogens is 1. The van der Waals surface area contributed by atoms with E-state index in [2.05, 4.69) is 20.5 Å².